The van der Waals surface area contributed by atoms with Crippen molar-refractivity contribution in [3.8, 4) is 0 Å². The molecule has 1 aromatic heterocycles. The standard InChI is InChI=1S/C25H33F2N3/c1-18(29-21-12-14-25(26,27)15-13-21)23(19-7-6-16-28-17-19)30(5)22-10-8-20(9-11-22)24(2,3)4/h6-11,16-17,21,23,29H,1,12-15H2,2-5H3. The van der Waals surface area contributed by atoms with E-state index in [4.69, 9.17) is 0 Å². The molecule has 1 aliphatic rings. The van der Waals surface area contributed by atoms with Crippen molar-refractivity contribution in [1.29, 1.82) is 0 Å². The van der Waals surface area contributed by atoms with E-state index in [1.807, 2.05) is 25.4 Å². The minimum absolute atomic E-state index is 0.0213. The fraction of sp³-hybridized carbons (Fsp3) is 0.480. The van der Waals surface area contributed by atoms with Crippen molar-refractivity contribution in [2.45, 2.75) is 69.9 Å². The minimum atomic E-state index is -2.53. The number of pyridine rings is 1. The van der Waals surface area contributed by atoms with Crippen LogP contribution in [0.4, 0.5) is 14.5 Å². The fourth-order valence-corrected chi connectivity index (χ4v) is 4.07. The van der Waals surface area contributed by atoms with Crippen LogP contribution in [-0.2, 0) is 5.41 Å². The van der Waals surface area contributed by atoms with Crippen molar-refractivity contribution in [3.63, 3.8) is 0 Å². The number of hydrogen-bond acceptors (Lipinski definition) is 3. The van der Waals surface area contributed by atoms with E-state index in [1.54, 1.807) is 6.20 Å². The SMILES string of the molecule is C=C(NC1CCC(F)(F)CC1)C(c1cccnc1)N(C)c1ccc(C(C)(C)C)cc1. The molecule has 1 aromatic carbocycles. The van der Waals surface area contributed by atoms with Crippen molar-refractivity contribution in [3.05, 3.63) is 72.2 Å². The lowest BCUT2D eigenvalue weighted by Crippen LogP contribution is -2.40. The smallest absolute Gasteiger partial charge is 0.248 e. The quantitative estimate of drug-likeness (QED) is 0.608. The summed E-state index contributed by atoms with van der Waals surface area (Å²) >= 11 is 0. The van der Waals surface area contributed by atoms with Crippen LogP contribution in [0.15, 0.2) is 61.1 Å². The summed E-state index contributed by atoms with van der Waals surface area (Å²) in [6.45, 7) is 10.9. The molecule has 1 N–H and O–H groups in total. The zero-order valence-electron chi connectivity index (χ0n) is 18.5. The van der Waals surface area contributed by atoms with Gasteiger partial charge in [-0.25, -0.2) is 8.78 Å². The van der Waals surface area contributed by atoms with Gasteiger partial charge in [0, 0.05) is 49.7 Å². The summed E-state index contributed by atoms with van der Waals surface area (Å²) in [5.41, 5.74) is 4.25. The highest BCUT2D eigenvalue weighted by Gasteiger charge is 2.35. The maximum absolute atomic E-state index is 13.5. The third kappa shape index (κ3) is 5.38. The number of aromatic nitrogens is 1. The number of likely N-dealkylation sites (N-methyl/N-ethyl adjacent to an activating group) is 1. The predicted octanol–water partition coefficient (Wildman–Crippen LogP) is 6.24. The van der Waals surface area contributed by atoms with Gasteiger partial charge in [-0.05, 0) is 47.6 Å². The minimum Gasteiger partial charge on any atom is -0.384 e. The third-order valence-electron chi connectivity index (χ3n) is 5.96. The summed E-state index contributed by atoms with van der Waals surface area (Å²) in [5, 5.41) is 3.44. The zero-order chi connectivity index (χ0) is 21.9. The highest BCUT2D eigenvalue weighted by atomic mass is 19.3. The molecule has 0 bridgehead atoms. The van der Waals surface area contributed by atoms with Crippen molar-refractivity contribution < 1.29 is 8.78 Å². The molecule has 3 nitrogen and oxygen atoms in total. The first kappa shape index (κ1) is 22.3. The van der Waals surface area contributed by atoms with Crippen LogP contribution in [-0.4, -0.2) is 24.0 Å². The zero-order valence-corrected chi connectivity index (χ0v) is 18.5. The summed E-state index contributed by atoms with van der Waals surface area (Å²) in [5.74, 6) is -2.53. The Kier molecular flexibility index (Phi) is 6.49. The Morgan fingerprint density at radius 2 is 1.80 bits per heavy atom. The van der Waals surface area contributed by atoms with E-state index in [-0.39, 0.29) is 30.3 Å². The molecule has 1 heterocycles. The molecule has 0 saturated heterocycles. The third-order valence-corrected chi connectivity index (χ3v) is 5.96. The average Bonchev–Trinajstić information content (AvgIpc) is 2.70. The van der Waals surface area contributed by atoms with E-state index in [9.17, 15) is 8.78 Å². The van der Waals surface area contributed by atoms with Crippen molar-refractivity contribution in [2.75, 3.05) is 11.9 Å². The van der Waals surface area contributed by atoms with Gasteiger partial charge in [0.2, 0.25) is 5.92 Å². The van der Waals surface area contributed by atoms with E-state index in [1.165, 1.54) is 5.56 Å². The lowest BCUT2D eigenvalue weighted by molar-refractivity contribution is -0.0397. The van der Waals surface area contributed by atoms with Crippen molar-refractivity contribution >= 4 is 5.69 Å². The Labute approximate surface area is 179 Å². The number of rotatable bonds is 6. The van der Waals surface area contributed by atoms with Gasteiger partial charge < -0.3 is 10.2 Å². The van der Waals surface area contributed by atoms with Crippen LogP contribution < -0.4 is 10.2 Å². The van der Waals surface area contributed by atoms with Crippen LogP contribution in [0.25, 0.3) is 0 Å². The molecule has 1 unspecified atom stereocenters. The number of nitrogens with zero attached hydrogens (tertiary/aromatic N) is 2. The summed E-state index contributed by atoms with van der Waals surface area (Å²) in [6.07, 6.45) is 4.36. The van der Waals surface area contributed by atoms with Gasteiger partial charge in [-0.15, -0.1) is 0 Å². The molecule has 0 aliphatic heterocycles. The maximum Gasteiger partial charge on any atom is 0.248 e. The van der Waals surface area contributed by atoms with Gasteiger partial charge in [-0.1, -0.05) is 45.5 Å². The molecule has 1 atom stereocenters. The summed E-state index contributed by atoms with van der Waals surface area (Å²) in [6, 6.07) is 12.4. The summed E-state index contributed by atoms with van der Waals surface area (Å²) in [7, 11) is 2.03. The number of alkyl halides is 2. The largest absolute Gasteiger partial charge is 0.384 e. The molecule has 1 aliphatic carbocycles. The second-order valence-electron chi connectivity index (χ2n) is 9.40. The number of anilines is 1. The lowest BCUT2D eigenvalue weighted by Gasteiger charge is -2.36. The molecule has 1 saturated carbocycles. The first-order chi connectivity index (χ1) is 14.1. The number of halogens is 2. The summed E-state index contributed by atoms with van der Waals surface area (Å²) in [4.78, 5) is 6.44. The van der Waals surface area contributed by atoms with Gasteiger partial charge in [0.1, 0.15) is 0 Å². The number of benzene rings is 1. The molecule has 162 valence electrons. The fourth-order valence-electron chi connectivity index (χ4n) is 4.07. The van der Waals surface area contributed by atoms with E-state index < -0.39 is 5.92 Å². The molecular weight excluding hydrogens is 380 g/mol. The van der Waals surface area contributed by atoms with E-state index >= 15 is 0 Å². The van der Waals surface area contributed by atoms with Crippen LogP contribution in [0.2, 0.25) is 0 Å². The Morgan fingerprint density at radius 1 is 1.17 bits per heavy atom. The number of nitrogens with one attached hydrogen (secondary N) is 1. The highest BCUT2D eigenvalue weighted by Crippen LogP contribution is 2.35. The maximum atomic E-state index is 13.5. The Bertz CT molecular complexity index is 831. The van der Waals surface area contributed by atoms with Gasteiger partial charge in [0.05, 0.1) is 6.04 Å². The molecule has 0 radical (unpaired) electrons. The van der Waals surface area contributed by atoms with E-state index in [2.05, 4.69) is 66.8 Å². The van der Waals surface area contributed by atoms with E-state index in [0.29, 0.717) is 12.8 Å². The van der Waals surface area contributed by atoms with Crippen molar-refractivity contribution in [2.24, 2.45) is 0 Å². The second-order valence-corrected chi connectivity index (χ2v) is 9.40. The molecule has 3 rings (SSSR count). The molecule has 2 aromatic rings. The van der Waals surface area contributed by atoms with Gasteiger partial charge in [0.15, 0.2) is 0 Å². The van der Waals surface area contributed by atoms with Crippen LogP contribution >= 0.6 is 0 Å². The first-order valence-corrected chi connectivity index (χ1v) is 10.6. The van der Waals surface area contributed by atoms with Gasteiger partial charge in [-0.3, -0.25) is 4.98 Å². The molecule has 0 amide bonds. The number of hydrogen-bond donors (Lipinski definition) is 1. The predicted molar refractivity (Wildman–Crippen MR) is 120 cm³/mol. The summed E-state index contributed by atoms with van der Waals surface area (Å²) < 4.78 is 27.1. The van der Waals surface area contributed by atoms with Gasteiger partial charge >= 0.3 is 0 Å². The van der Waals surface area contributed by atoms with Crippen LogP contribution in [0.5, 0.6) is 0 Å². The molecule has 5 heteroatoms. The molecule has 1 fully saturated rings. The average molecular weight is 414 g/mol. The normalized spacial score (nSPS) is 17.9. The van der Waals surface area contributed by atoms with Crippen LogP contribution in [0, 0.1) is 0 Å². The Morgan fingerprint density at radius 3 is 2.33 bits per heavy atom. The molecule has 30 heavy (non-hydrogen) atoms. The second kappa shape index (κ2) is 8.75. The van der Waals surface area contributed by atoms with Crippen molar-refractivity contribution in [1.82, 2.24) is 10.3 Å². The van der Waals surface area contributed by atoms with Crippen LogP contribution in [0.1, 0.15) is 63.6 Å². The molecule has 0 spiro atoms. The highest BCUT2D eigenvalue weighted by molar-refractivity contribution is 5.52. The first-order valence-electron chi connectivity index (χ1n) is 10.6. The monoisotopic (exact) mass is 413 g/mol. The molecular formula is C25H33F2N3. The lowest BCUT2D eigenvalue weighted by atomic mass is 9.87. The Hall–Kier alpha value is -2.43. The Balaban J connectivity index is 1.81. The topological polar surface area (TPSA) is 28.2 Å². The van der Waals surface area contributed by atoms with Gasteiger partial charge in [-0.2, -0.15) is 0 Å². The van der Waals surface area contributed by atoms with Gasteiger partial charge in [0.25, 0.3) is 0 Å². The van der Waals surface area contributed by atoms with Crippen LogP contribution in [0.3, 0.4) is 0 Å². The van der Waals surface area contributed by atoms with E-state index in [0.717, 1.165) is 16.9 Å².